The maximum Gasteiger partial charge on any atom is 0.305 e. The third kappa shape index (κ3) is 4.10. The van der Waals surface area contributed by atoms with Crippen LogP contribution in [0.3, 0.4) is 0 Å². The molecule has 1 amide bonds. The van der Waals surface area contributed by atoms with Gasteiger partial charge in [-0.15, -0.1) is 0 Å². The predicted octanol–water partition coefficient (Wildman–Crippen LogP) is 3.40. The first-order valence-electron chi connectivity index (χ1n) is 7.10. The van der Waals surface area contributed by atoms with Crippen LogP contribution in [0.25, 0.3) is 0 Å². The number of carboxylic acids is 1. The lowest BCUT2D eigenvalue weighted by atomic mass is 10.0. The molecule has 122 valence electrons. The number of hydrogen-bond acceptors (Lipinski definition) is 4. The first kappa shape index (κ1) is 17.0. The van der Waals surface area contributed by atoms with Crippen molar-refractivity contribution in [1.82, 2.24) is 10.3 Å². The number of carbonyl (C=O) groups excluding carboxylic acids is 1. The lowest BCUT2D eigenvalue weighted by Crippen LogP contribution is -2.31. The van der Waals surface area contributed by atoms with Crippen LogP contribution in [0.5, 0.6) is 0 Å². The molecular formula is C16H17ClN2O4. The van der Waals surface area contributed by atoms with Gasteiger partial charge >= 0.3 is 5.97 Å². The van der Waals surface area contributed by atoms with E-state index in [1.54, 1.807) is 24.3 Å². The van der Waals surface area contributed by atoms with Gasteiger partial charge in [-0.1, -0.05) is 43.6 Å². The minimum Gasteiger partial charge on any atom is -0.481 e. The quantitative estimate of drug-likeness (QED) is 0.843. The number of rotatable bonds is 6. The number of aromatic nitrogens is 1. The molecule has 0 saturated heterocycles. The number of nitrogens with one attached hydrogen (secondary N) is 1. The molecule has 1 atom stereocenters. The summed E-state index contributed by atoms with van der Waals surface area (Å²) in [5.74, 6) is -1.10. The second-order valence-electron chi connectivity index (χ2n) is 5.37. The molecule has 0 radical (unpaired) electrons. The first-order valence-corrected chi connectivity index (χ1v) is 7.48. The Bertz CT molecular complexity index is 712. The van der Waals surface area contributed by atoms with Gasteiger partial charge in [-0.05, 0) is 11.6 Å². The molecule has 0 fully saturated rings. The van der Waals surface area contributed by atoms with Crippen molar-refractivity contribution in [3.8, 4) is 0 Å². The predicted molar refractivity (Wildman–Crippen MR) is 84.5 cm³/mol. The number of carbonyl (C=O) groups is 2. The number of aliphatic carboxylic acids is 1. The third-order valence-corrected chi connectivity index (χ3v) is 3.64. The van der Waals surface area contributed by atoms with Crippen molar-refractivity contribution in [3.63, 3.8) is 0 Å². The molecule has 23 heavy (non-hydrogen) atoms. The van der Waals surface area contributed by atoms with Gasteiger partial charge in [0, 0.05) is 10.9 Å². The molecule has 2 N–H and O–H groups in total. The van der Waals surface area contributed by atoms with Crippen LogP contribution in [0.15, 0.2) is 35.1 Å². The third-order valence-electron chi connectivity index (χ3n) is 3.30. The first-order chi connectivity index (χ1) is 10.9. The van der Waals surface area contributed by atoms with Gasteiger partial charge in [-0.3, -0.25) is 9.59 Å². The van der Waals surface area contributed by atoms with E-state index in [0.717, 1.165) is 0 Å². The van der Waals surface area contributed by atoms with E-state index < -0.39 is 17.9 Å². The number of amides is 1. The van der Waals surface area contributed by atoms with Gasteiger partial charge in [0.25, 0.3) is 5.91 Å². The van der Waals surface area contributed by atoms with E-state index in [1.807, 2.05) is 13.8 Å². The molecule has 1 heterocycles. The number of benzene rings is 1. The van der Waals surface area contributed by atoms with Crippen LogP contribution in [0, 0.1) is 0 Å². The molecule has 1 aromatic heterocycles. The van der Waals surface area contributed by atoms with E-state index in [0.29, 0.717) is 16.3 Å². The second kappa shape index (κ2) is 7.28. The van der Waals surface area contributed by atoms with E-state index in [1.165, 1.54) is 6.39 Å². The Morgan fingerprint density at radius 3 is 2.65 bits per heavy atom. The summed E-state index contributed by atoms with van der Waals surface area (Å²) in [6, 6.07) is 6.04. The summed E-state index contributed by atoms with van der Waals surface area (Å²) in [7, 11) is 0. The Labute approximate surface area is 138 Å². The number of halogens is 1. The Kier molecular flexibility index (Phi) is 5.39. The number of oxazole rings is 1. The highest BCUT2D eigenvalue weighted by Gasteiger charge is 2.25. The maximum atomic E-state index is 12.4. The monoisotopic (exact) mass is 336 g/mol. The van der Waals surface area contributed by atoms with Gasteiger partial charge in [0.1, 0.15) is 5.76 Å². The van der Waals surface area contributed by atoms with Crippen molar-refractivity contribution in [2.75, 3.05) is 0 Å². The summed E-state index contributed by atoms with van der Waals surface area (Å²) in [6.07, 6.45) is 0.913. The number of carboxylic acid groups (broad SMARTS) is 1. The smallest absolute Gasteiger partial charge is 0.305 e. The minimum atomic E-state index is -1.04. The van der Waals surface area contributed by atoms with Crippen LogP contribution in [-0.4, -0.2) is 22.0 Å². The van der Waals surface area contributed by atoms with Crippen LogP contribution < -0.4 is 5.32 Å². The van der Waals surface area contributed by atoms with Crippen molar-refractivity contribution >= 4 is 23.5 Å². The lowest BCUT2D eigenvalue weighted by molar-refractivity contribution is -0.137. The molecule has 0 aliphatic heterocycles. The molecule has 1 aromatic carbocycles. The minimum absolute atomic E-state index is 0.0171. The van der Waals surface area contributed by atoms with E-state index in [4.69, 9.17) is 21.1 Å². The highest BCUT2D eigenvalue weighted by Crippen LogP contribution is 2.26. The zero-order chi connectivity index (χ0) is 17.0. The van der Waals surface area contributed by atoms with Crippen LogP contribution in [-0.2, 0) is 4.79 Å². The average Bonchev–Trinajstić information content (AvgIpc) is 2.96. The Morgan fingerprint density at radius 2 is 2.04 bits per heavy atom. The van der Waals surface area contributed by atoms with E-state index in [2.05, 4.69) is 10.3 Å². The fourth-order valence-corrected chi connectivity index (χ4v) is 2.50. The fourth-order valence-electron chi connectivity index (χ4n) is 2.23. The van der Waals surface area contributed by atoms with Gasteiger partial charge in [0.15, 0.2) is 12.1 Å². The summed E-state index contributed by atoms with van der Waals surface area (Å²) in [5.41, 5.74) is 0.696. The molecule has 0 aliphatic carbocycles. The summed E-state index contributed by atoms with van der Waals surface area (Å²) in [6.45, 7) is 3.75. The number of hydrogen-bond donors (Lipinski definition) is 2. The molecule has 7 heteroatoms. The van der Waals surface area contributed by atoms with Crippen LogP contribution >= 0.6 is 11.6 Å². The Morgan fingerprint density at radius 1 is 1.35 bits per heavy atom. The van der Waals surface area contributed by atoms with E-state index in [-0.39, 0.29) is 18.0 Å². The van der Waals surface area contributed by atoms with Crippen molar-refractivity contribution in [1.29, 1.82) is 0 Å². The zero-order valence-electron chi connectivity index (χ0n) is 12.7. The molecule has 0 saturated carbocycles. The van der Waals surface area contributed by atoms with E-state index in [9.17, 15) is 9.59 Å². The molecule has 0 aliphatic rings. The highest BCUT2D eigenvalue weighted by atomic mass is 35.5. The largest absolute Gasteiger partial charge is 0.481 e. The standard InChI is InChI=1S/C16H17ClN2O4/c1-9(2)15-14(18-8-23-15)16(22)19-12(7-13(20)21)10-5-3-4-6-11(10)17/h3-6,8-9,12H,7H2,1-2H3,(H,19,22)(H,20,21). The van der Waals surface area contributed by atoms with Crippen LogP contribution in [0.1, 0.15) is 54.0 Å². The zero-order valence-corrected chi connectivity index (χ0v) is 13.5. The van der Waals surface area contributed by atoms with Crippen LogP contribution in [0.2, 0.25) is 5.02 Å². The molecule has 2 aromatic rings. The summed E-state index contributed by atoms with van der Waals surface area (Å²) in [4.78, 5) is 27.5. The molecule has 0 spiro atoms. The van der Waals surface area contributed by atoms with Crippen molar-refractivity contribution in [2.24, 2.45) is 0 Å². The van der Waals surface area contributed by atoms with Crippen molar-refractivity contribution in [2.45, 2.75) is 32.2 Å². The van der Waals surface area contributed by atoms with Gasteiger partial charge < -0.3 is 14.8 Å². The molecule has 2 rings (SSSR count). The van der Waals surface area contributed by atoms with Crippen molar-refractivity contribution in [3.05, 3.63) is 52.7 Å². The summed E-state index contributed by atoms with van der Waals surface area (Å²) >= 11 is 6.11. The number of nitrogens with zero attached hydrogens (tertiary/aromatic N) is 1. The Hall–Kier alpha value is -2.34. The topological polar surface area (TPSA) is 92.4 Å². The van der Waals surface area contributed by atoms with Gasteiger partial charge in [-0.25, -0.2) is 4.98 Å². The normalized spacial score (nSPS) is 12.2. The SMILES string of the molecule is CC(C)c1ocnc1C(=O)NC(CC(=O)O)c1ccccc1Cl. The molecular weight excluding hydrogens is 320 g/mol. The molecule has 6 nitrogen and oxygen atoms in total. The maximum absolute atomic E-state index is 12.4. The highest BCUT2D eigenvalue weighted by molar-refractivity contribution is 6.31. The van der Waals surface area contributed by atoms with Gasteiger partial charge in [0.2, 0.25) is 0 Å². The van der Waals surface area contributed by atoms with Gasteiger partial charge in [-0.2, -0.15) is 0 Å². The average molecular weight is 337 g/mol. The van der Waals surface area contributed by atoms with Crippen LogP contribution in [0.4, 0.5) is 0 Å². The lowest BCUT2D eigenvalue weighted by Gasteiger charge is -2.18. The van der Waals surface area contributed by atoms with Gasteiger partial charge in [0.05, 0.1) is 12.5 Å². The fraction of sp³-hybridized carbons (Fsp3) is 0.312. The summed E-state index contributed by atoms with van der Waals surface area (Å²) < 4.78 is 5.22. The Balaban J connectivity index is 2.28. The molecule has 0 bridgehead atoms. The van der Waals surface area contributed by atoms with Crippen molar-refractivity contribution < 1.29 is 19.1 Å². The summed E-state index contributed by atoms with van der Waals surface area (Å²) in [5, 5.41) is 12.2. The van der Waals surface area contributed by atoms with E-state index >= 15 is 0 Å². The second-order valence-corrected chi connectivity index (χ2v) is 5.77. The molecule has 1 unspecified atom stereocenters.